The Kier molecular flexibility index (Phi) is 3.78. The van der Waals surface area contributed by atoms with E-state index in [0.29, 0.717) is 0 Å². The molecule has 2 heteroatoms. The smallest absolute Gasteiger partial charge is 0.0708 e. The summed E-state index contributed by atoms with van der Waals surface area (Å²) in [5, 5.41) is 4.53. The van der Waals surface area contributed by atoms with E-state index in [9.17, 15) is 0 Å². The fourth-order valence-electron chi connectivity index (χ4n) is 2.18. The van der Waals surface area contributed by atoms with Crippen LogP contribution in [0.25, 0.3) is 10.9 Å². The van der Waals surface area contributed by atoms with Crippen molar-refractivity contribution in [1.82, 2.24) is 10.3 Å². The van der Waals surface area contributed by atoms with Crippen molar-refractivity contribution in [2.24, 2.45) is 0 Å². The van der Waals surface area contributed by atoms with Crippen LogP contribution in [0.2, 0.25) is 0 Å². The molecule has 0 aliphatic carbocycles. The second kappa shape index (κ2) is 5.32. The maximum Gasteiger partial charge on any atom is 0.0708 e. The number of rotatable bonds is 3. The molecule has 2 nitrogen and oxygen atoms in total. The first-order valence-electron chi connectivity index (χ1n) is 6.30. The molecule has 0 radical (unpaired) electrons. The van der Waals surface area contributed by atoms with Crippen molar-refractivity contribution in [1.29, 1.82) is 0 Å². The summed E-state index contributed by atoms with van der Waals surface area (Å²) >= 11 is 0. The lowest BCUT2D eigenvalue weighted by molar-refractivity contribution is 0.690. The summed E-state index contributed by atoms with van der Waals surface area (Å²) in [4.78, 5) is 4.75. The number of likely N-dealkylation sites (N-methyl/N-ethyl adjacent to an activating group) is 1. The Labute approximate surface area is 109 Å². The summed E-state index contributed by atoms with van der Waals surface area (Å²) < 4.78 is 0. The van der Waals surface area contributed by atoms with Crippen LogP contribution in [0.4, 0.5) is 0 Å². The monoisotopic (exact) mass is 240 g/mol. The van der Waals surface area contributed by atoms with E-state index < -0.39 is 0 Å². The standard InChI is InChI=1S/C16H20N2/c1-11(2)9-15(17-4)16-10-12(3)13-7-5-6-8-14(13)18-16/h5-10,15,17H,1-4H3. The van der Waals surface area contributed by atoms with Crippen LogP contribution >= 0.6 is 0 Å². The summed E-state index contributed by atoms with van der Waals surface area (Å²) in [5.74, 6) is 0. The van der Waals surface area contributed by atoms with Crippen LogP contribution in [-0.4, -0.2) is 12.0 Å². The van der Waals surface area contributed by atoms with E-state index >= 15 is 0 Å². The number of hydrogen-bond acceptors (Lipinski definition) is 2. The molecule has 0 fully saturated rings. The van der Waals surface area contributed by atoms with E-state index in [4.69, 9.17) is 4.98 Å². The summed E-state index contributed by atoms with van der Waals surface area (Å²) in [6, 6.07) is 10.6. The van der Waals surface area contributed by atoms with Gasteiger partial charge in [-0.05, 0) is 45.5 Å². The van der Waals surface area contributed by atoms with Crippen LogP contribution in [0.1, 0.15) is 31.1 Å². The lowest BCUT2D eigenvalue weighted by Crippen LogP contribution is -2.16. The molecule has 0 spiro atoms. The SMILES string of the molecule is CNC(C=C(C)C)c1cc(C)c2ccccc2n1. The van der Waals surface area contributed by atoms with Crippen molar-refractivity contribution in [3.8, 4) is 0 Å². The Balaban J connectivity index is 2.54. The van der Waals surface area contributed by atoms with E-state index in [1.807, 2.05) is 13.1 Å². The zero-order valence-electron chi connectivity index (χ0n) is 11.5. The van der Waals surface area contributed by atoms with Gasteiger partial charge >= 0.3 is 0 Å². The van der Waals surface area contributed by atoms with E-state index in [2.05, 4.69) is 56.4 Å². The van der Waals surface area contributed by atoms with Crippen LogP contribution in [0.15, 0.2) is 42.0 Å². The average molecular weight is 240 g/mol. The van der Waals surface area contributed by atoms with Gasteiger partial charge in [-0.2, -0.15) is 0 Å². The highest BCUT2D eigenvalue weighted by Crippen LogP contribution is 2.22. The van der Waals surface area contributed by atoms with Gasteiger partial charge in [-0.25, -0.2) is 0 Å². The topological polar surface area (TPSA) is 24.9 Å². The Morgan fingerprint density at radius 2 is 2.00 bits per heavy atom. The minimum absolute atomic E-state index is 0.179. The van der Waals surface area contributed by atoms with Crippen LogP contribution in [0, 0.1) is 6.92 Å². The Morgan fingerprint density at radius 3 is 2.67 bits per heavy atom. The minimum Gasteiger partial charge on any atom is -0.309 e. The van der Waals surface area contributed by atoms with Crippen LogP contribution in [-0.2, 0) is 0 Å². The first kappa shape index (κ1) is 12.8. The molecule has 0 amide bonds. The molecule has 0 aliphatic rings. The van der Waals surface area contributed by atoms with Crippen molar-refractivity contribution >= 4 is 10.9 Å². The molecule has 1 atom stereocenters. The fraction of sp³-hybridized carbons (Fsp3) is 0.312. The number of nitrogens with zero attached hydrogens (tertiary/aromatic N) is 1. The van der Waals surface area contributed by atoms with E-state index in [0.717, 1.165) is 11.2 Å². The van der Waals surface area contributed by atoms with Crippen molar-refractivity contribution in [3.05, 3.63) is 53.2 Å². The Hall–Kier alpha value is -1.67. The fourth-order valence-corrected chi connectivity index (χ4v) is 2.18. The van der Waals surface area contributed by atoms with Gasteiger partial charge in [0, 0.05) is 5.39 Å². The Morgan fingerprint density at radius 1 is 1.28 bits per heavy atom. The van der Waals surface area contributed by atoms with Gasteiger partial charge in [0.25, 0.3) is 0 Å². The first-order valence-corrected chi connectivity index (χ1v) is 6.30. The quantitative estimate of drug-likeness (QED) is 0.826. The van der Waals surface area contributed by atoms with Crippen molar-refractivity contribution < 1.29 is 0 Å². The third-order valence-electron chi connectivity index (χ3n) is 3.07. The number of para-hydroxylation sites is 1. The van der Waals surface area contributed by atoms with Gasteiger partial charge in [0.1, 0.15) is 0 Å². The molecule has 0 saturated carbocycles. The van der Waals surface area contributed by atoms with Gasteiger partial charge in [-0.15, -0.1) is 0 Å². The van der Waals surface area contributed by atoms with Crippen molar-refractivity contribution in [3.63, 3.8) is 0 Å². The highest BCUT2D eigenvalue weighted by atomic mass is 14.9. The summed E-state index contributed by atoms with van der Waals surface area (Å²) in [6.07, 6.45) is 2.20. The normalized spacial score (nSPS) is 12.4. The molecule has 0 aliphatic heterocycles. The lowest BCUT2D eigenvalue weighted by Gasteiger charge is -2.14. The van der Waals surface area contributed by atoms with Crippen molar-refractivity contribution in [2.75, 3.05) is 7.05 Å². The second-order valence-corrected chi connectivity index (χ2v) is 4.89. The van der Waals surface area contributed by atoms with E-state index in [1.165, 1.54) is 16.5 Å². The molecular weight excluding hydrogens is 220 g/mol. The number of allylic oxidation sites excluding steroid dienone is 1. The van der Waals surface area contributed by atoms with Gasteiger partial charge in [0.2, 0.25) is 0 Å². The number of nitrogens with one attached hydrogen (secondary N) is 1. The highest BCUT2D eigenvalue weighted by molar-refractivity contribution is 5.82. The number of benzene rings is 1. The largest absolute Gasteiger partial charge is 0.309 e. The maximum atomic E-state index is 4.75. The minimum atomic E-state index is 0.179. The summed E-state index contributed by atoms with van der Waals surface area (Å²) in [6.45, 7) is 6.36. The number of aromatic nitrogens is 1. The number of hydrogen-bond donors (Lipinski definition) is 1. The number of pyridine rings is 1. The van der Waals surface area contributed by atoms with Gasteiger partial charge in [-0.3, -0.25) is 4.98 Å². The molecule has 1 aromatic carbocycles. The van der Waals surface area contributed by atoms with E-state index in [1.54, 1.807) is 0 Å². The summed E-state index contributed by atoms with van der Waals surface area (Å²) in [7, 11) is 1.97. The lowest BCUT2D eigenvalue weighted by atomic mass is 10.0. The average Bonchev–Trinajstić information content (AvgIpc) is 2.35. The number of fused-ring (bicyclic) bond motifs is 1. The van der Waals surface area contributed by atoms with Crippen LogP contribution in [0.3, 0.4) is 0 Å². The molecule has 0 saturated heterocycles. The third kappa shape index (κ3) is 2.59. The molecule has 94 valence electrons. The molecule has 1 aromatic heterocycles. The van der Waals surface area contributed by atoms with Crippen LogP contribution in [0.5, 0.6) is 0 Å². The molecule has 1 unspecified atom stereocenters. The van der Waals surface area contributed by atoms with Crippen molar-refractivity contribution in [2.45, 2.75) is 26.8 Å². The highest BCUT2D eigenvalue weighted by Gasteiger charge is 2.10. The van der Waals surface area contributed by atoms with Gasteiger partial charge in [0.05, 0.1) is 17.3 Å². The molecule has 1 heterocycles. The molecule has 1 N–H and O–H groups in total. The summed E-state index contributed by atoms with van der Waals surface area (Å²) in [5.41, 5.74) is 4.71. The second-order valence-electron chi connectivity index (χ2n) is 4.89. The molecular formula is C16H20N2. The predicted molar refractivity (Wildman–Crippen MR) is 77.7 cm³/mol. The number of aryl methyl sites for hydroxylation is 1. The predicted octanol–water partition coefficient (Wildman–Crippen LogP) is 3.77. The van der Waals surface area contributed by atoms with Gasteiger partial charge < -0.3 is 5.32 Å². The molecule has 2 rings (SSSR count). The van der Waals surface area contributed by atoms with Crippen LogP contribution < -0.4 is 5.32 Å². The molecule has 18 heavy (non-hydrogen) atoms. The first-order chi connectivity index (χ1) is 8.61. The third-order valence-corrected chi connectivity index (χ3v) is 3.07. The van der Waals surface area contributed by atoms with Gasteiger partial charge in [-0.1, -0.05) is 29.8 Å². The molecule has 0 bridgehead atoms. The zero-order valence-corrected chi connectivity index (χ0v) is 11.5. The Bertz CT molecular complexity index is 581. The van der Waals surface area contributed by atoms with Gasteiger partial charge in [0.15, 0.2) is 0 Å². The zero-order chi connectivity index (χ0) is 13.1. The maximum absolute atomic E-state index is 4.75. The molecule has 2 aromatic rings. The van der Waals surface area contributed by atoms with E-state index in [-0.39, 0.29) is 6.04 Å².